The van der Waals surface area contributed by atoms with Crippen LogP contribution < -0.4 is 11.1 Å². The molecule has 1 atom stereocenters. The fourth-order valence-corrected chi connectivity index (χ4v) is 0.899. The van der Waals surface area contributed by atoms with E-state index in [9.17, 15) is 4.79 Å². The number of nitrogens with two attached hydrogens (primary N) is 1. The second-order valence-corrected chi connectivity index (χ2v) is 3.45. The fraction of sp³-hybridized carbons (Fsp3) is 0.700. The molecular weight excluding hydrogens is 164 g/mol. The van der Waals surface area contributed by atoms with Gasteiger partial charge in [0.1, 0.15) is 0 Å². The van der Waals surface area contributed by atoms with E-state index < -0.39 is 5.41 Å². The van der Waals surface area contributed by atoms with Crippen LogP contribution in [0.25, 0.3) is 0 Å². The van der Waals surface area contributed by atoms with Gasteiger partial charge in [-0.25, -0.2) is 0 Å². The normalized spacial score (nSPS) is 14.7. The molecule has 0 radical (unpaired) electrons. The lowest BCUT2D eigenvalue weighted by Gasteiger charge is -2.24. The highest BCUT2D eigenvalue weighted by molar-refractivity contribution is 5.82. The van der Waals surface area contributed by atoms with Gasteiger partial charge in [0.25, 0.3) is 0 Å². The van der Waals surface area contributed by atoms with Crippen LogP contribution in [-0.4, -0.2) is 19.0 Å². The van der Waals surface area contributed by atoms with Crippen LogP contribution in [0.4, 0.5) is 0 Å². The van der Waals surface area contributed by atoms with Crippen molar-refractivity contribution in [3.63, 3.8) is 0 Å². The number of nitrogens with one attached hydrogen (secondary N) is 1. The second-order valence-electron chi connectivity index (χ2n) is 3.45. The Morgan fingerprint density at radius 2 is 2.31 bits per heavy atom. The zero-order valence-electron chi connectivity index (χ0n) is 8.60. The molecule has 0 aromatic carbocycles. The van der Waals surface area contributed by atoms with Crippen LogP contribution in [0.2, 0.25) is 0 Å². The number of hydrogen-bond acceptors (Lipinski definition) is 2. The lowest BCUT2D eigenvalue weighted by molar-refractivity contribution is -0.129. The predicted octanol–water partition coefficient (Wildman–Crippen LogP) is 1.05. The van der Waals surface area contributed by atoms with Crippen LogP contribution in [-0.2, 0) is 4.79 Å². The van der Waals surface area contributed by atoms with Gasteiger partial charge < -0.3 is 11.1 Å². The predicted molar refractivity (Wildman–Crippen MR) is 55.3 cm³/mol. The van der Waals surface area contributed by atoms with E-state index in [0.717, 1.165) is 12.8 Å². The largest absolute Gasteiger partial charge is 0.355 e. The van der Waals surface area contributed by atoms with Crippen LogP contribution in [0.1, 0.15) is 26.7 Å². The average Bonchev–Trinajstić information content (AvgIpc) is 2.17. The molecule has 0 saturated heterocycles. The maximum atomic E-state index is 11.6. The number of rotatable bonds is 6. The van der Waals surface area contributed by atoms with E-state index >= 15 is 0 Å². The van der Waals surface area contributed by atoms with Gasteiger partial charge in [0.2, 0.25) is 5.91 Å². The van der Waals surface area contributed by atoms with Crippen molar-refractivity contribution >= 4 is 5.91 Å². The van der Waals surface area contributed by atoms with Crippen molar-refractivity contribution in [1.29, 1.82) is 0 Å². The van der Waals surface area contributed by atoms with Gasteiger partial charge in [0.15, 0.2) is 0 Å². The summed E-state index contributed by atoms with van der Waals surface area (Å²) in [5, 5.41) is 2.84. The molecule has 0 aromatic rings. The minimum Gasteiger partial charge on any atom is -0.355 e. The molecule has 3 nitrogen and oxygen atoms in total. The van der Waals surface area contributed by atoms with E-state index in [1.165, 1.54) is 0 Å². The summed E-state index contributed by atoms with van der Waals surface area (Å²) in [6.45, 7) is 8.48. The van der Waals surface area contributed by atoms with Gasteiger partial charge in [-0.05, 0) is 19.8 Å². The minimum atomic E-state index is -0.416. The Morgan fingerprint density at radius 3 is 2.69 bits per heavy atom. The van der Waals surface area contributed by atoms with Crippen molar-refractivity contribution in [1.82, 2.24) is 5.32 Å². The highest BCUT2D eigenvalue weighted by Crippen LogP contribution is 2.18. The molecule has 3 N–H and O–H groups in total. The van der Waals surface area contributed by atoms with E-state index in [1.54, 1.807) is 6.08 Å². The number of amides is 1. The van der Waals surface area contributed by atoms with Gasteiger partial charge in [-0.2, -0.15) is 0 Å². The fourth-order valence-electron chi connectivity index (χ4n) is 0.899. The Morgan fingerprint density at radius 1 is 1.69 bits per heavy atom. The molecule has 3 heteroatoms. The van der Waals surface area contributed by atoms with Crippen molar-refractivity contribution < 1.29 is 4.79 Å². The summed E-state index contributed by atoms with van der Waals surface area (Å²) >= 11 is 0. The van der Waals surface area contributed by atoms with Crippen LogP contribution >= 0.6 is 0 Å². The van der Waals surface area contributed by atoms with Crippen LogP contribution in [0.15, 0.2) is 12.7 Å². The van der Waals surface area contributed by atoms with Gasteiger partial charge in [-0.3, -0.25) is 4.79 Å². The van der Waals surface area contributed by atoms with Crippen LogP contribution in [0.5, 0.6) is 0 Å². The first-order valence-corrected chi connectivity index (χ1v) is 4.70. The van der Waals surface area contributed by atoms with Gasteiger partial charge >= 0.3 is 0 Å². The third-order valence-corrected chi connectivity index (χ3v) is 2.41. The van der Waals surface area contributed by atoms with Crippen molar-refractivity contribution in [2.75, 3.05) is 13.1 Å². The molecule has 0 rings (SSSR count). The second kappa shape index (κ2) is 5.75. The summed E-state index contributed by atoms with van der Waals surface area (Å²) < 4.78 is 0. The van der Waals surface area contributed by atoms with Gasteiger partial charge in [0.05, 0.1) is 5.41 Å². The molecule has 0 fully saturated rings. The average molecular weight is 184 g/mol. The SMILES string of the molecule is C=CCCNC(=O)C(C)(CC)CN. The maximum Gasteiger partial charge on any atom is 0.227 e. The lowest BCUT2D eigenvalue weighted by Crippen LogP contribution is -2.43. The third kappa shape index (κ3) is 3.59. The Kier molecular flexibility index (Phi) is 5.39. The highest BCUT2D eigenvalue weighted by atomic mass is 16.2. The number of hydrogen-bond donors (Lipinski definition) is 2. The molecular formula is C10H20N2O. The minimum absolute atomic E-state index is 0.0411. The topological polar surface area (TPSA) is 55.1 Å². The van der Waals surface area contributed by atoms with Crippen molar-refractivity contribution in [2.45, 2.75) is 26.7 Å². The smallest absolute Gasteiger partial charge is 0.227 e. The maximum absolute atomic E-state index is 11.6. The molecule has 1 amide bonds. The molecule has 0 bridgehead atoms. The van der Waals surface area contributed by atoms with Crippen molar-refractivity contribution in [3.05, 3.63) is 12.7 Å². The summed E-state index contributed by atoms with van der Waals surface area (Å²) in [4.78, 5) is 11.6. The van der Waals surface area contributed by atoms with Gasteiger partial charge in [-0.1, -0.05) is 13.0 Å². The monoisotopic (exact) mass is 184 g/mol. The third-order valence-electron chi connectivity index (χ3n) is 2.41. The molecule has 0 aliphatic heterocycles. The molecule has 13 heavy (non-hydrogen) atoms. The van der Waals surface area contributed by atoms with E-state index in [2.05, 4.69) is 11.9 Å². The van der Waals surface area contributed by atoms with E-state index in [4.69, 9.17) is 5.73 Å². The quantitative estimate of drug-likeness (QED) is 0.479. The van der Waals surface area contributed by atoms with Crippen LogP contribution in [0, 0.1) is 5.41 Å². The van der Waals surface area contributed by atoms with E-state index in [-0.39, 0.29) is 5.91 Å². The zero-order chi connectivity index (χ0) is 10.3. The Hall–Kier alpha value is -0.830. The van der Waals surface area contributed by atoms with Crippen molar-refractivity contribution in [2.24, 2.45) is 11.1 Å². The number of carbonyl (C=O) groups is 1. The molecule has 0 saturated carbocycles. The Bertz CT molecular complexity index is 174. The highest BCUT2D eigenvalue weighted by Gasteiger charge is 2.28. The summed E-state index contributed by atoms with van der Waals surface area (Å²) in [5.74, 6) is 0.0411. The van der Waals surface area contributed by atoms with Crippen LogP contribution in [0.3, 0.4) is 0 Å². The molecule has 0 aliphatic rings. The first-order chi connectivity index (χ1) is 6.10. The van der Waals surface area contributed by atoms with Gasteiger partial charge in [-0.15, -0.1) is 6.58 Å². The zero-order valence-corrected chi connectivity index (χ0v) is 8.60. The summed E-state index contributed by atoms with van der Waals surface area (Å²) in [5.41, 5.74) is 5.13. The first-order valence-electron chi connectivity index (χ1n) is 4.70. The summed E-state index contributed by atoms with van der Waals surface area (Å²) in [6.07, 6.45) is 3.35. The molecule has 0 aromatic heterocycles. The molecule has 76 valence electrons. The summed E-state index contributed by atoms with van der Waals surface area (Å²) in [6, 6.07) is 0. The van der Waals surface area contributed by atoms with E-state index in [0.29, 0.717) is 13.1 Å². The number of carbonyl (C=O) groups excluding carboxylic acids is 1. The lowest BCUT2D eigenvalue weighted by atomic mass is 9.87. The Labute approximate surface area is 80.4 Å². The first kappa shape index (κ1) is 12.2. The summed E-state index contributed by atoms with van der Waals surface area (Å²) in [7, 11) is 0. The molecule has 0 aliphatic carbocycles. The molecule has 1 unspecified atom stereocenters. The van der Waals surface area contributed by atoms with E-state index in [1.807, 2.05) is 13.8 Å². The van der Waals surface area contributed by atoms with Gasteiger partial charge in [0, 0.05) is 13.1 Å². The Balaban J connectivity index is 3.99. The molecule has 0 heterocycles. The van der Waals surface area contributed by atoms with Crippen molar-refractivity contribution in [3.8, 4) is 0 Å². The molecule has 0 spiro atoms. The standard InChI is InChI=1S/C10H20N2O/c1-4-6-7-12-9(13)10(3,5-2)8-11/h4H,1,5-8,11H2,2-3H3,(H,12,13).